The molecule has 5 nitrogen and oxygen atoms in total. The third-order valence-corrected chi connectivity index (χ3v) is 1.95. The van der Waals surface area contributed by atoms with Crippen LogP contribution in [-0.2, 0) is 13.2 Å². The summed E-state index contributed by atoms with van der Waals surface area (Å²) in [5.74, 6) is 1.91. The molecule has 0 unspecified atom stereocenters. The zero-order valence-corrected chi connectivity index (χ0v) is 10.2. The Morgan fingerprint density at radius 1 is 1.29 bits per heavy atom. The van der Waals surface area contributed by atoms with Crippen LogP contribution in [0.2, 0.25) is 0 Å². The Labute approximate surface area is 106 Å². The lowest BCUT2D eigenvalue weighted by atomic mass is 10.3. The van der Waals surface area contributed by atoms with Gasteiger partial charge in [-0.15, -0.1) is 12.4 Å². The first-order valence-electron chi connectivity index (χ1n) is 5.02. The van der Waals surface area contributed by atoms with E-state index in [0.29, 0.717) is 24.9 Å². The fourth-order valence-corrected chi connectivity index (χ4v) is 1.24. The molecule has 0 atom stereocenters. The molecule has 1 heterocycles. The lowest BCUT2D eigenvalue weighted by Gasteiger charge is -2.01. The van der Waals surface area contributed by atoms with Crippen molar-refractivity contribution in [1.29, 1.82) is 0 Å². The van der Waals surface area contributed by atoms with Gasteiger partial charge in [0.2, 0.25) is 11.7 Å². The van der Waals surface area contributed by atoms with Gasteiger partial charge in [-0.25, -0.2) is 0 Å². The molecule has 0 amide bonds. The topological polar surface area (TPSA) is 60.2 Å². The Morgan fingerprint density at radius 2 is 2.06 bits per heavy atom. The van der Waals surface area contributed by atoms with Crippen molar-refractivity contribution in [3.63, 3.8) is 0 Å². The molecule has 0 bridgehead atoms. The molecular formula is C11H14ClN3O2. The summed E-state index contributed by atoms with van der Waals surface area (Å²) in [6.45, 7) is 0.884. The summed E-state index contributed by atoms with van der Waals surface area (Å²) in [4.78, 5) is 4.15. The van der Waals surface area contributed by atoms with Gasteiger partial charge in [-0.2, -0.15) is 4.98 Å². The monoisotopic (exact) mass is 255 g/mol. The number of hydrogen-bond donors (Lipinski definition) is 1. The second-order valence-corrected chi connectivity index (χ2v) is 3.24. The maximum Gasteiger partial charge on any atom is 0.240 e. The van der Waals surface area contributed by atoms with Crippen LogP contribution in [0.5, 0.6) is 5.75 Å². The van der Waals surface area contributed by atoms with Crippen molar-refractivity contribution in [2.24, 2.45) is 0 Å². The summed E-state index contributed by atoms with van der Waals surface area (Å²) in [5, 5.41) is 6.73. The summed E-state index contributed by atoms with van der Waals surface area (Å²) in [6, 6.07) is 9.53. The van der Waals surface area contributed by atoms with Crippen LogP contribution in [0.4, 0.5) is 0 Å². The van der Waals surface area contributed by atoms with E-state index in [1.807, 2.05) is 37.4 Å². The highest BCUT2D eigenvalue weighted by Gasteiger charge is 2.05. The number of hydrogen-bond acceptors (Lipinski definition) is 5. The van der Waals surface area contributed by atoms with E-state index < -0.39 is 0 Å². The number of para-hydroxylation sites is 1. The predicted molar refractivity (Wildman–Crippen MR) is 65.1 cm³/mol. The van der Waals surface area contributed by atoms with Gasteiger partial charge in [0.1, 0.15) is 5.75 Å². The van der Waals surface area contributed by atoms with Gasteiger partial charge in [0, 0.05) is 0 Å². The molecule has 6 heteroatoms. The SMILES string of the molecule is CNCc1nc(COc2ccccc2)no1.Cl. The molecule has 0 saturated carbocycles. The lowest BCUT2D eigenvalue weighted by molar-refractivity contribution is 0.285. The highest BCUT2D eigenvalue weighted by Crippen LogP contribution is 2.10. The van der Waals surface area contributed by atoms with E-state index >= 15 is 0 Å². The van der Waals surface area contributed by atoms with Gasteiger partial charge in [-0.1, -0.05) is 23.4 Å². The molecule has 1 aromatic heterocycles. The van der Waals surface area contributed by atoms with Crippen LogP contribution in [0, 0.1) is 0 Å². The normalized spacial score (nSPS) is 9.71. The van der Waals surface area contributed by atoms with Crippen molar-refractivity contribution in [1.82, 2.24) is 15.5 Å². The Balaban J connectivity index is 0.00000144. The van der Waals surface area contributed by atoms with Crippen molar-refractivity contribution < 1.29 is 9.26 Å². The quantitative estimate of drug-likeness (QED) is 0.883. The van der Waals surface area contributed by atoms with Crippen LogP contribution in [0.25, 0.3) is 0 Å². The predicted octanol–water partition coefficient (Wildman–Crippen LogP) is 1.79. The molecule has 0 fully saturated rings. The second kappa shape index (κ2) is 6.88. The van der Waals surface area contributed by atoms with Crippen molar-refractivity contribution in [2.75, 3.05) is 7.05 Å². The lowest BCUT2D eigenvalue weighted by Crippen LogP contribution is -2.05. The highest BCUT2D eigenvalue weighted by molar-refractivity contribution is 5.85. The first kappa shape index (κ1) is 13.5. The first-order valence-corrected chi connectivity index (χ1v) is 5.02. The summed E-state index contributed by atoms with van der Waals surface area (Å²) < 4.78 is 10.5. The number of ether oxygens (including phenoxy) is 1. The fourth-order valence-electron chi connectivity index (χ4n) is 1.24. The molecular weight excluding hydrogens is 242 g/mol. The number of benzene rings is 1. The molecule has 0 aliphatic heterocycles. The van der Waals surface area contributed by atoms with Crippen LogP contribution in [0.3, 0.4) is 0 Å². The van der Waals surface area contributed by atoms with E-state index in [4.69, 9.17) is 9.26 Å². The molecule has 17 heavy (non-hydrogen) atoms. The van der Waals surface area contributed by atoms with Gasteiger partial charge >= 0.3 is 0 Å². The number of nitrogens with one attached hydrogen (secondary N) is 1. The molecule has 2 rings (SSSR count). The van der Waals surface area contributed by atoms with E-state index in [-0.39, 0.29) is 12.4 Å². The Hall–Kier alpha value is -1.59. The van der Waals surface area contributed by atoms with Crippen molar-refractivity contribution in [3.8, 4) is 5.75 Å². The zero-order chi connectivity index (χ0) is 11.2. The minimum Gasteiger partial charge on any atom is -0.485 e. The van der Waals surface area contributed by atoms with Crippen LogP contribution >= 0.6 is 12.4 Å². The highest BCUT2D eigenvalue weighted by atomic mass is 35.5. The van der Waals surface area contributed by atoms with E-state index in [2.05, 4.69) is 15.5 Å². The van der Waals surface area contributed by atoms with Gasteiger partial charge in [-0.05, 0) is 19.2 Å². The Kier molecular flexibility index (Phi) is 5.45. The van der Waals surface area contributed by atoms with E-state index in [1.165, 1.54) is 0 Å². The molecule has 0 aliphatic carbocycles. The summed E-state index contributed by atoms with van der Waals surface area (Å²) in [6.07, 6.45) is 0. The molecule has 1 aromatic carbocycles. The Bertz CT molecular complexity index is 433. The van der Waals surface area contributed by atoms with Crippen molar-refractivity contribution in [2.45, 2.75) is 13.2 Å². The van der Waals surface area contributed by atoms with E-state index in [0.717, 1.165) is 5.75 Å². The molecule has 0 radical (unpaired) electrons. The smallest absolute Gasteiger partial charge is 0.240 e. The van der Waals surface area contributed by atoms with Gasteiger partial charge < -0.3 is 14.6 Å². The maximum atomic E-state index is 5.48. The van der Waals surface area contributed by atoms with Gasteiger partial charge in [0.05, 0.1) is 6.54 Å². The summed E-state index contributed by atoms with van der Waals surface area (Å²) >= 11 is 0. The largest absolute Gasteiger partial charge is 0.485 e. The number of rotatable bonds is 5. The molecule has 0 saturated heterocycles. The number of nitrogens with zero attached hydrogens (tertiary/aromatic N) is 2. The molecule has 0 aliphatic rings. The minimum absolute atomic E-state index is 0. The van der Waals surface area contributed by atoms with E-state index in [1.54, 1.807) is 0 Å². The molecule has 92 valence electrons. The molecule has 2 aromatic rings. The molecule has 0 spiro atoms. The fraction of sp³-hybridized carbons (Fsp3) is 0.273. The van der Waals surface area contributed by atoms with Gasteiger partial charge in [-0.3, -0.25) is 0 Å². The number of halogens is 1. The third-order valence-electron chi connectivity index (χ3n) is 1.95. The maximum absolute atomic E-state index is 5.48. The van der Waals surface area contributed by atoms with Gasteiger partial charge in [0.15, 0.2) is 6.61 Å². The van der Waals surface area contributed by atoms with E-state index in [9.17, 15) is 0 Å². The summed E-state index contributed by atoms with van der Waals surface area (Å²) in [7, 11) is 1.82. The van der Waals surface area contributed by atoms with Crippen LogP contribution in [-0.4, -0.2) is 17.2 Å². The van der Waals surface area contributed by atoms with Crippen LogP contribution in [0.1, 0.15) is 11.7 Å². The average Bonchev–Trinajstić information content (AvgIpc) is 2.76. The number of aromatic nitrogens is 2. The first-order chi connectivity index (χ1) is 7.88. The Morgan fingerprint density at radius 3 is 2.76 bits per heavy atom. The minimum atomic E-state index is 0. The average molecular weight is 256 g/mol. The van der Waals surface area contributed by atoms with Crippen LogP contribution in [0.15, 0.2) is 34.9 Å². The van der Waals surface area contributed by atoms with Crippen molar-refractivity contribution in [3.05, 3.63) is 42.0 Å². The van der Waals surface area contributed by atoms with Gasteiger partial charge in [0.25, 0.3) is 0 Å². The second-order valence-electron chi connectivity index (χ2n) is 3.24. The van der Waals surface area contributed by atoms with Crippen LogP contribution < -0.4 is 10.1 Å². The molecule has 1 N–H and O–H groups in total. The van der Waals surface area contributed by atoms with Crippen molar-refractivity contribution >= 4 is 12.4 Å². The zero-order valence-electron chi connectivity index (χ0n) is 9.42. The summed E-state index contributed by atoms with van der Waals surface area (Å²) in [5.41, 5.74) is 0. The third kappa shape index (κ3) is 4.05. The standard InChI is InChI=1S/C11H13N3O2.ClH/c1-12-7-11-13-10(14-16-11)8-15-9-5-3-2-4-6-9;/h2-6,12H,7-8H2,1H3;1H.